The molecule has 0 radical (unpaired) electrons. The largest absolute Gasteiger partial charge is 0.332 e. The number of carbonyl (C=O) groups excluding carboxylic acids is 2. The van der Waals surface area contributed by atoms with Crippen LogP contribution in [-0.2, 0) is 16.0 Å². The van der Waals surface area contributed by atoms with Crippen molar-refractivity contribution in [2.45, 2.75) is 31.7 Å². The van der Waals surface area contributed by atoms with Gasteiger partial charge in [0.2, 0.25) is 11.8 Å². The molecule has 1 unspecified atom stereocenters. The van der Waals surface area contributed by atoms with Gasteiger partial charge < -0.3 is 4.57 Å². The summed E-state index contributed by atoms with van der Waals surface area (Å²) in [5.41, 5.74) is 1.07. The monoisotopic (exact) mass is 219 g/mol. The molecule has 1 aliphatic heterocycles. The minimum Gasteiger partial charge on any atom is -0.332 e. The van der Waals surface area contributed by atoms with E-state index in [4.69, 9.17) is 0 Å². The highest BCUT2D eigenvalue weighted by Crippen LogP contribution is 2.36. The van der Waals surface area contributed by atoms with Crippen LogP contribution < -0.4 is 5.32 Å². The van der Waals surface area contributed by atoms with Crippen molar-refractivity contribution >= 4 is 11.8 Å². The van der Waals surface area contributed by atoms with Gasteiger partial charge in [-0.15, -0.1) is 0 Å². The number of rotatable bonds is 3. The van der Waals surface area contributed by atoms with E-state index < -0.39 is 0 Å². The van der Waals surface area contributed by atoms with Crippen LogP contribution in [0, 0.1) is 5.92 Å². The summed E-state index contributed by atoms with van der Waals surface area (Å²) in [4.78, 5) is 26.6. The zero-order valence-electron chi connectivity index (χ0n) is 8.85. The van der Waals surface area contributed by atoms with E-state index in [1.54, 1.807) is 6.20 Å². The molecular formula is C11H13N3O2. The first-order valence-electron chi connectivity index (χ1n) is 5.58. The first-order chi connectivity index (χ1) is 7.74. The molecule has 3 rings (SSSR count). The van der Waals surface area contributed by atoms with Crippen LogP contribution in [0.2, 0.25) is 0 Å². The lowest BCUT2D eigenvalue weighted by Crippen LogP contribution is -2.23. The molecule has 5 nitrogen and oxygen atoms in total. The molecule has 0 spiro atoms. The van der Waals surface area contributed by atoms with E-state index in [1.165, 1.54) is 12.8 Å². The first-order valence-corrected chi connectivity index (χ1v) is 5.58. The van der Waals surface area contributed by atoms with Gasteiger partial charge in [-0.2, -0.15) is 0 Å². The zero-order chi connectivity index (χ0) is 11.1. The Bertz CT molecular complexity index is 448. The van der Waals surface area contributed by atoms with Crippen molar-refractivity contribution in [2.75, 3.05) is 0 Å². The van der Waals surface area contributed by atoms with Gasteiger partial charge in [0, 0.05) is 30.8 Å². The molecular weight excluding hydrogens is 206 g/mol. The van der Waals surface area contributed by atoms with Gasteiger partial charge in [0.05, 0.1) is 12.2 Å². The van der Waals surface area contributed by atoms with E-state index in [9.17, 15) is 9.59 Å². The van der Waals surface area contributed by atoms with Crippen LogP contribution in [0.5, 0.6) is 0 Å². The Morgan fingerprint density at radius 2 is 2.25 bits per heavy atom. The third kappa shape index (κ3) is 1.62. The quantitative estimate of drug-likeness (QED) is 0.749. The lowest BCUT2D eigenvalue weighted by Gasteiger charge is -2.08. The summed E-state index contributed by atoms with van der Waals surface area (Å²) < 4.78 is 2.13. The van der Waals surface area contributed by atoms with Gasteiger partial charge in [0.1, 0.15) is 0 Å². The second kappa shape index (κ2) is 3.43. The molecule has 0 aromatic carbocycles. The van der Waals surface area contributed by atoms with Crippen LogP contribution in [0.3, 0.4) is 0 Å². The van der Waals surface area contributed by atoms with Crippen LogP contribution in [0.1, 0.15) is 31.0 Å². The SMILES string of the molecule is O=C1CC(Cc2cncn2C2CC2)C(=O)N1. The number of imidazole rings is 1. The second-order valence-corrected chi connectivity index (χ2v) is 4.54. The van der Waals surface area contributed by atoms with Crippen molar-refractivity contribution in [3.63, 3.8) is 0 Å². The number of carbonyl (C=O) groups is 2. The molecule has 1 saturated heterocycles. The lowest BCUT2D eigenvalue weighted by atomic mass is 10.0. The number of imide groups is 1. The molecule has 1 atom stereocenters. The van der Waals surface area contributed by atoms with E-state index in [2.05, 4.69) is 14.9 Å². The van der Waals surface area contributed by atoms with Crippen molar-refractivity contribution in [1.82, 2.24) is 14.9 Å². The number of hydrogen-bond donors (Lipinski definition) is 1. The molecule has 1 aromatic heterocycles. The molecule has 1 aromatic rings. The topological polar surface area (TPSA) is 64.0 Å². The second-order valence-electron chi connectivity index (χ2n) is 4.54. The number of nitrogens with zero attached hydrogens (tertiary/aromatic N) is 2. The van der Waals surface area contributed by atoms with Crippen LogP contribution in [0.25, 0.3) is 0 Å². The maximum atomic E-state index is 11.4. The Morgan fingerprint density at radius 3 is 2.88 bits per heavy atom. The van der Waals surface area contributed by atoms with Crippen molar-refractivity contribution in [3.8, 4) is 0 Å². The van der Waals surface area contributed by atoms with Crippen LogP contribution in [-0.4, -0.2) is 21.4 Å². The highest BCUT2D eigenvalue weighted by Gasteiger charge is 2.32. The standard InChI is InChI=1S/C11H13N3O2/c15-10-4-7(11(16)13-10)3-9-5-12-6-14(9)8-1-2-8/h5-8H,1-4H2,(H,13,15,16). The Labute approximate surface area is 92.9 Å². The Kier molecular flexibility index (Phi) is 2.05. The van der Waals surface area contributed by atoms with Gasteiger partial charge in [0.15, 0.2) is 0 Å². The molecule has 1 aliphatic carbocycles. The van der Waals surface area contributed by atoms with Gasteiger partial charge >= 0.3 is 0 Å². The number of aromatic nitrogens is 2. The van der Waals surface area contributed by atoms with Gasteiger partial charge in [-0.25, -0.2) is 4.98 Å². The Balaban J connectivity index is 1.76. The minimum absolute atomic E-state index is 0.145. The molecule has 2 amide bonds. The minimum atomic E-state index is -0.207. The third-order valence-electron chi connectivity index (χ3n) is 3.21. The fourth-order valence-corrected chi connectivity index (χ4v) is 2.20. The van der Waals surface area contributed by atoms with E-state index in [-0.39, 0.29) is 17.7 Å². The number of amides is 2. The van der Waals surface area contributed by atoms with Crippen LogP contribution in [0.4, 0.5) is 0 Å². The van der Waals surface area contributed by atoms with Gasteiger partial charge in [-0.3, -0.25) is 14.9 Å². The molecule has 2 aliphatic rings. The van der Waals surface area contributed by atoms with Gasteiger partial charge in [-0.1, -0.05) is 0 Å². The summed E-state index contributed by atoms with van der Waals surface area (Å²) in [6.07, 6.45) is 6.94. The molecule has 1 N–H and O–H groups in total. The summed E-state index contributed by atoms with van der Waals surface area (Å²) in [5, 5.41) is 2.34. The van der Waals surface area contributed by atoms with E-state index in [0.29, 0.717) is 18.9 Å². The number of nitrogens with one attached hydrogen (secondary N) is 1. The molecule has 1 saturated carbocycles. The van der Waals surface area contributed by atoms with Crippen molar-refractivity contribution in [3.05, 3.63) is 18.2 Å². The van der Waals surface area contributed by atoms with Crippen LogP contribution in [0.15, 0.2) is 12.5 Å². The average molecular weight is 219 g/mol. The Morgan fingerprint density at radius 1 is 1.44 bits per heavy atom. The normalized spacial score (nSPS) is 24.9. The molecule has 84 valence electrons. The summed E-state index contributed by atoms with van der Waals surface area (Å²) in [6, 6.07) is 0.567. The highest BCUT2D eigenvalue weighted by molar-refractivity contribution is 6.03. The van der Waals surface area contributed by atoms with E-state index in [1.807, 2.05) is 6.33 Å². The van der Waals surface area contributed by atoms with Gasteiger partial charge in [0.25, 0.3) is 0 Å². The molecule has 5 heteroatoms. The Hall–Kier alpha value is -1.65. The zero-order valence-corrected chi connectivity index (χ0v) is 8.85. The third-order valence-corrected chi connectivity index (χ3v) is 3.21. The summed E-state index contributed by atoms with van der Waals surface area (Å²) >= 11 is 0. The summed E-state index contributed by atoms with van der Waals surface area (Å²) in [7, 11) is 0. The maximum Gasteiger partial charge on any atom is 0.230 e. The van der Waals surface area contributed by atoms with Crippen LogP contribution >= 0.6 is 0 Å². The predicted octanol–water partition coefficient (Wildman–Crippen LogP) is 0.423. The van der Waals surface area contributed by atoms with E-state index >= 15 is 0 Å². The van der Waals surface area contributed by atoms with Crippen molar-refractivity contribution in [2.24, 2.45) is 5.92 Å². The van der Waals surface area contributed by atoms with Crippen molar-refractivity contribution in [1.29, 1.82) is 0 Å². The van der Waals surface area contributed by atoms with E-state index in [0.717, 1.165) is 5.69 Å². The average Bonchev–Trinajstić information content (AvgIpc) is 2.90. The summed E-state index contributed by atoms with van der Waals surface area (Å²) in [5.74, 6) is -0.511. The fourth-order valence-electron chi connectivity index (χ4n) is 2.20. The maximum absolute atomic E-state index is 11.4. The lowest BCUT2D eigenvalue weighted by molar-refractivity contribution is -0.125. The molecule has 2 fully saturated rings. The molecule has 16 heavy (non-hydrogen) atoms. The molecule has 0 bridgehead atoms. The summed E-state index contributed by atoms with van der Waals surface area (Å²) in [6.45, 7) is 0. The van der Waals surface area contributed by atoms with Crippen molar-refractivity contribution < 1.29 is 9.59 Å². The fraction of sp³-hybridized carbons (Fsp3) is 0.545. The first kappa shape index (κ1) is 9.57. The highest BCUT2D eigenvalue weighted by atomic mass is 16.2. The predicted molar refractivity (Wildman–Crippen MR) is 55.5 cm³/mol. The smallest absolute Gasteiger partial charge is 0.230 e. The van der Waals surface area contributed by atoms with Gasteiger partial charge in [-0.05, 0) is 12.8 Å². The molecule has 2 heterocycles. The number of hydrogen-bond acceptors (Lipinski definition) is 3.